The second-order valence-electron chi connectivity index (χ2n) is 5.67. The molecule has 1 N–H and O–H groups in total. The summed E-state index contributed by atoms with van der Waals surface area (Å²) in [6.07, 6.45) is -4.38. The normalized spacial score (nSPS) is 17.6. The Bertz CT molecular complexity index is 673. The summed E-state index contributed by atoms with van der Waals surface area (Å²) in [5, 5.41) is 2.39. The van der Waals surface area contributed by atoms with Crippen molar-refractivity contribution in [2.45, 2.75) is 37.4 Å². The molecule has 0 saturated carbocycles. The first kappa shape index (κ1) is 17.6. The molecule has 4 nitrogen and oxygen atoms in total. The summed E-state index contributed by atoms with van der Waals surface area (Å²) >= 11 is 0.477. The highest BCUT2D eigenvalue weighted by atomic mass is 32.2. The van der Waals surface area contributed by atoms with Crippen LogP contribution in [0, 0.1) is 12.7 Å². The minimum atomic E-state index is -4.38. The van der Waals surface area contributed by atoms with E-state index in [9.17, 15) is 27.2 Å². The van der Waals surface area contributed by atoms with E-state index in [0.29, 0.717) is 22.2 Å². The largest absolute Gasteiger partial charge is 0.398 e. The zero-order valence-corrected chi connectivity index (χ0v) is 13.4. The molecule has 1 fully saturated rings. The van der Waals surface area contributed by atoms with Gasteiger partial charge in [-0.1, -0.05) is 0 Å². The van der Waals surface area contributed by atoms with Crippen LogP contribution >= 0.6 is 11.8 Å². The molecule has 0 aromatic heterocycles. The van der Waals surface area contributed by atoms with Crippen LogP contribution in [0.1, 0.15) is 19.4 Å². The van der Waals surface area contributed by atoms with Gasteiger partial charge in [-0.05, 0) is 38.5 Å². The van der Waals surface area contributed by atoms with Crippen LogP contribution < -0.4 is 10.2 Å². The molecule has 0 aliphatic carbocycles. The summed E-state index contributed by atoms with van der Waals surface area (Å²) in [6, 6.07) is 1.30. The molecule has 2 rings (SSSR count). The number of imide groups is 1. The first-order valence-corrected chi connectivity index (χ1v) is 7.57. The molecular formula is C14H14F4N2O2S. The number of halogens is 4. The maximum Gasteiger partial charge on any atom is 0.398 e. The number of hydrogen-bond donors (Lipinski definition) is 1. The molecule has 9 heteroatoms. The standard InChI is InChI=1S/C14H14F4N2O2S/c1-7-4-8(15)9(5-10(7)23-6-14(16,17)18)20-11(21)13(2,3)19-12(20)22/h4-5H,6H2,1-3H3,(H,19,22). The molecule has 1 heterocycles. The van der Waals surface area contributed by atoms with Crippen LogP contribution in [0.15, 0.2) is 17.0 Å². The lowest BCUT2D eigenvalue weighted by Gasteiger charge is -2.18. The van der Waals surface area contributed by atoms with Crippen LogP contribution in [0.25, 0.3) is 0 Å². The molecule has 0 radical (unpaired) electrons. The third-order valence-electron chi connectivity index (χ3n) is 3.24. The average Bonchev–Trinajstić information content (AvgIpc) is 2.57. The van der Waals surface area contributed by atoms with E-state index >= 15 is 0 Å². The van der Waals surface area contributed by atoms with E-state index in [-0.39, 0.29) is 10.6 Å². The van der Waals surface area contributed by atoms with Crippen molar-refractivity contribution in [3.8, 4) is 0 Å². The van der Waals surface area contributed by atoms with Crippen LogP contribution in [-0.4, -0.2) is 29.4 Å². The number of urea groups is 1. The Hall–Kier alpha value is -1.77. The Morgan fingerprint density at radius 3 is 2.35 bits per heavy atom. The lowest BCUT2D eigenvalue weighted by molar-refractivity contribution is -0.121. The van der Waals surface area contributed by atoms with Crippen molar-refractivity contribution in [3.05, 3.63) is 23.5 Å². The zero-order chi connectivity index (χ0) is 17.6. The number of rotatable bonds is 3. The van der Waals surface area contributed by atoms with Crippen LogP contribution in [0.2, 0.25) is 0 Å². The van der Waals surface area contributed by atoms with E-state index < -0.39 is 35.2 Å². The van der Waals surface area contributed by atoms with Crippen LogP contribution in [0.5, 0.6) is 0 Å². The van der Waals surface area contributed by atoms with E-state index in [0.717, 1.165) is 12.1 Å². The van der Waals surface area contributed by atoms with Crippen molar-refractivity contribution in [2.24, 2.45) is 0 Å². The maximum absolute atomic E-state index is 14.1. The third kappa shape index (κ3) is 3.60. The van der Waals surface area contributed by atoms with Gasteiger partial charge in [0.15, 0.2) is 0 Å². The van der Waals surface area contributed by atoms with Crippen LogP contribution in [0.3, 0.4) is 0 Å². The lowest BCUT2D eigenvalue weighted by Crippen LogP contribution is -2.40. The number of amides is 3. The molecule has 126 valence electrons. The van der Waals surface area contributed by atoms with E-state index in [4.69, 9.17) is 0 Å². The molecule has 0 spiro atoms. The number of anilines is 1. The third-order valence-corrected chi connectivity index (χ3v) is 4.46. The van der Waals surface area contributed by atoms with E-state index in [1.54, 1.807) is 0 Å². The number of nitrogens with one attached hydrogen (secondary N) is 1. The quantitative estimate of drug-likeness (QED) is 0.515. The fourth-order valence-electron chi connectivity index (χ4n) is 2.10. The average molecular weight is 350 g/mol. The molecule has 0 bridgehead atoms. The maximum atomic E-state index is 14.1. The van der Waals surface area contributed by atoms with Crippen molar-refractivity contribution in [1.29, 1.82) is 0 Å². The summed E-state index contributed by atoms with van der Waals surface area (Å²) in [5.41, 5.74) is -1.26. The first-order valence-electron chi connectivity index (χ1n) is 6.59. The highest BCUT2D eigenvalue weighted by Crippen LogP contribution is 2.35. The van der Waals surface area contributed by atoms with Crippen LogP contribution in [0.4, 0.5) is 28.0 Å². The van der Waals surface area contributed by atoms with Crippen molar-refractivity contribution in [3.63, 3.8) is 0 Å². The summed E-state index contributed by atoms with van der Waals surface area (Å²) in [7, 11) is 0. The van der Waals surface area contributed by atoms with Gasteiger partial charge in [0, 0.05) is 4.90 Å². The Balaban J connectivity index is 2.40. The SMILES string of the molecule is Cc1cc(F)c(N2C(=O)NC(C)(C)C2=O)cc1SCC(F)(F)F. The Morgan fingerprint density at radius 1 is 1.26 bits per heavy atom. The van der Waals surface area contributed by atoms with Gasteiger partial charge >= 0.3 is 12.2 Å². The highest BCUT2D eigenvalue weighted by Gasteiger charge is 2.46. The molecule has 1 aromatic carbocycles. The van der Waals surface area contributed by atoms with Gasteiger partial charge < -0.3 is 5.32 Å². The van der Waals surface area contributed by atoms with Crippen molar-refractivity contribution < 1.29 is 27.2 Å². The molecule has 0 unspecified atom stereocenters. The summed E-state index contributed by atoms with van der Waals surface area (Å²) in [5.74, 6) is -2.66. The fraction of sp³-hybridized carbons (Fsp3) is 0.429. The number of alkyl halides is 3. The predicted molar refractivity (Wildman–Crippen MR) is 78.0 cm³/mol. The number of thioether (sulfide) groups is 1. The second kappa shape index (κ2) is 5.70. The minimum Gasteiger partial charge on any atom is -0.323 e. The smallest absolute Gasteiger partial charge is 0.323 e. The number of nitrogens with zero attached hydrogens (tertiary/aromatic N) is 1. The summed E-state index contributed by atoms with van der Waals surface area (Å²) < 4.78 is 51.2. The molecule has 1 aromatic rings. The molecule has 1 saturated heterocycles. The topological polar surface area (TPSA) is 49.4 Å². The number of benzene rings is 1. The van der Waals surface area contributed by atoms with Gasteiger partial charge in [-0.25, -0.2) is 14.1 Å². The van der Waals surface area contributed by atoms with Gasteiger partial charge in [-0.3, -0.25) is 4.79 Å². The minimum absolute atomic E-state index is 0.157. The second-order valence-corrected chi connectivity index (χ2v) is 6.69. The fourth-order valence-corrected chi connectivity index (χ4v) is 2.90. The number of carbonyl (C=O) groups is 2. The summed E-state index contributed by atoms with van der Waals surface area (Å²) in [6.45, 7) is 4.37. The molecule has 3 amide bonds. The summed E-state index contributed by atoms with van der Waals surface area (Å²) in [4.78, 5) is 24.9. The van der Waals surface area contributed by atoms with Gasteiger partial charge in [0.1, 0.15) is 11.4 Å². The van der Waals surface area contributed by atoms with Crippen molar-refractivity contribution in [1.82, 2.24) is 5.32 Å². The monoisotopic (exact) mass is 350 g/mol. The number of hydrogen-bond acceptors (Lipinski definition) is 3. The van der Waals surface area contributed by atoms with Gasteiger partial charge in [-0.15, -0.1) is 11.8 Å². The molecular weight excluding hydrogens is 336 g/mol. The van der Waals surface area contributed by atoms with Gasteiger partial charge in [0.25, 0.3) is 5.91 Å². The highest BCUT2D eigenvalue weighted by molar-refractivity contribution is 7.99. The van der Waals surface area contributed by atoms with Gasteiger partial charge in [-0.2, -0.15) is 13.2 Å². The van der Waals surface area contributed by atoms with E-state index in [1.165, 1.54) is 20.8 Å². The molecule has 0 atom stereocenters. The van der Waals surface area contributed by atoms with E-state index in [1.807, 2.05) is 0 Å². The van der Waals surface area contributed by atoms with Crippen LogP contribution in [-0.2, 0) is 4.79 Å². The number of aryl methyl sites for hydroxylation is 1. The van der Waals surface area contributed by atoms with Gasteiger partial charge in [0.2, 0.25) is 0 Å². The zero-order valence-electron chi connectivity index (χ0n) is 12.5. The molecule has 1 aliphatic heterocycles. The Kier molecular flexibility index (Phi) is 4.36. The number of carbonyl (C=O) groups excluding carboxylic acids is 2. The molecule has 1 aliphatic rings. The first-order chi connectivity index (χ1) is 10.4. The Morgan fingerprint density at radius 2 is 1.87 bits per heavy atom. The van der Waals surface area contributed by atoms with Crippen molar-refractivity contribution in [2.75, 3.05) is 10.7 Å². The van der Waals surface area contributed by atoms with Crippen molar-refractivity contribution >= 4 is 29.4 Å². The van der Waals surface area contributed by atoms with Gasteiger partial charge in [0.05, 0.1) is 11.4 Å². The Labute approximate surface area is 134 Å². The predicted octanol–water partition coefficient (Wildman–Crippen LogP) is 3.62. The molecule has 23 heavy (non-hydrogen) atoms. The lowest BCUT2D eigenvalue weighted by atomic mass is 10.1. The van der Waals surface area contributed by atoms with E-state index in [2.05, 4.69) is 5.32 Å².